The Bertz CT molecular complexity index is 1560. The van der Waals surface area contributed by atoms with Gasteiger partial charge in [0.25, 0.3) is 0 Å². The van der Waals surface area contributed by atoms with Crippen molar-refractivity contribution < 1.29 is 48.6 Å². The quantitative estimate of drug-likeness (QED) is 0.299. The fourth-order valence-corrected chi connectivity index (χ4v) is 10.1. The van der Waals surface area contributed by atoms with E-state index in [0.29, 0.717) is 53.8 Å². The van der Waals surface area contributed by atoms with Gasteiger partial charge in [0, 0.05) is 28.7 Å². The molecule has 4 saturated carbocycles. The Hall–Kier alpha value is -3.12. The minimum Gasteiger partial charge on any atom is -0.493 e. The summed E-state index contributed by atoms with van der Waals surface area (Å²) in [5.74, 6) is -4.14. The van der Waals surface area contributed by atoms with E-state index < -0.39 is 69.9 Å². The second-order valence-corrected chi connectivity index (χ2v) is 13.6. The van der Waals surface area contributed by atoms with Crippen molar-refractivity contribution in [1.29, 1.82) is 0 Å². The van der Waals surface area contributed by atoms with E-state index in [1.807, 2.05) is 13.8 Å². The van der Waals surface area contributed by atoms with Crippen LogP contribution in [0.2, 0.25) is 0 Å². The maximum atomic E-state index is 14.3. The lowest BCUT2D eigenvalue weighted by Crippen LogP contribution is -2.85. The van der Waals surface area contributed by atoms with Crippen molar-refractivity contribution in [3.05, 3.63) is 30.0 Å². The number of nitrogens with one attached hydrogen (secondary N) is 1. The minimum absolute atomic E-state index is 0.00118. The summed E-state index contributed by atoms with van der Waals surface area (Å²) in [4.78, 5) is 31.3. The number of aromatic nitrogens is 1. The Kier molecular flexibility index (Phi) is 5.97. The Morgan fingerprint density at radius 2 is 1.79 bits per heavy atom. The van der Waals surface area contributed by atoms with Gasteiger partial charge in [-0.1, -0.05) is 20.4 Å². The predicted octanol–water partition coefficient (Wildman–Crippen LogP) is 2.75. The van der Waals surface area contributed by atoms with Crippen LogP contribution < -0.4 is 14.2 Å². The van der Waals surface area contributed by atoms with Crippen LogP contribution in [-0.2, 0) is 14.3 Å². The van der Waals surface area contributed by atoms with Gasteiger partial charge in [0.1, 0.15) is 23.3 Å². The number of aliphatic hydroxyl groups excluding tert-OH is 2. The maximum absolute atomic E-state index is 14.3. The monoisotopic (exact) mass is 597 g/mol. The van der Waals surface area contributed by atoms with Crippen molar-refractivity contribution in [3.63, 3.8) is 0 Å². The first-order valence-corrected chi connectivity index (χ1v) is 14.8. The number of aromatic amines is 1. The molecule has 0 radical (unpaired) electrons. The van der Waals surface area contributed by atoms with Crippen LogP contribution in [0.1, 0.15) is 50.0 Å². The molecule has 2 saturated heterocycles. The lowest BCUT2D eigenvalue weighted by molar-refractivity contribution is -0.457. The third kappa shape index (κ3) is 3.13. The summed E-state index contributed by atoms with van der Waals surface area (Å²) in [6, 6.07) is 3.25. The second kappa shape index (κ2) is 8.97. The first kappa shape index (κ1) is 28.6. The zero-order valence-electron chi connectivity index (χ0n) is 25.1. The second-order valence-electron chi connectivity index (χ2n) is 13.6. The van der Waals surface area contributed by atoms with Crippen molar-refractivity contribution in [2.75, 3.05) is 27.9 Å². The minimum atomic E-state index is -2.33. The number of carbonyl (C=O) groups is 2. The van der Waals surface area contributed by atoms with Gasteiger partial charge in [0.2, 0.25) is 11.5 Å². The number of hydrogen-bond acceptors (Lipinski definition) is 10. The molecule has 2 aliphatic heterocycles. The molecule has 8 rings (SSSR count). The number of ether oxygens (including phenoxy) is 5. The van der Waals surface area contributed by atoms with Crippen LogP contribution in [0.4, 0.5) is 0 Å². The van der Waals surface area contributed by atoms with Gasteiger partial charge in [-0.3, -0.25) is 4.79 Å². The van der Waals surface area contributed by atoms with E-state index in [1.54, 1.807) is 12.1 Å². The van der Waals surface area contributed by atoms with Crippen molar-refractivity contribution >= 4 is 22.7 Å². The average Bonchev–Trinajstić information content (AvgIpc) is 3.46. The number of fused-ring (bicyclic) bond motifs is 3. The summed E-state index contributed by atoms with van der Waals surface area (Å²) in [7, 11) is 4.46. The summed E-state index contributed by atoms with van der Waals surface area (Å²) < 4.78 is 28.8. The number of benzene rings is 1. The van der Waals surface area contributed by atoms with Gasteiger partial charge in [-0.25, -0.2) is 4.79 Å². The van der Waals surface area contributed by atoms with Crippen LogP contribution in [-0.4, -0.2) is 84.1 Å². The van der Waals surface area contributed by atoms with Gasteiger partial charge >= 0.3 is 5.97 Å². The number of ketones is 1. The summed E-state index contributed by atoms with van der Waals surface area (Å²) >= 11 is 0. The molecule has 4 N–H and O–H groups in total. The Morgan fingerprint density at radius 1 is 1.07 bits per heavy atom. The molecule has 11 nitrogen and oxygen atoms in total. The Morgan fingerprint density at radius 3 is 2.47 bits per heavy atom. The molecule has 9 atom stereocenters. The van der Waals surface area contributed by atoms with E-state index in [4.69, 9.17) is 23.7 Å². The molecule has 11 heteroatoms. The molecule has 0 amide bonds. The van der Waals surface area contributed by atoms with Gasteiger partial charge < -0.3 is 44.0 Å². The number of H-pyrrole nitrogens is 1. The summed E-state index contributed by atoms with van der Waals surface area (Å²) in [5, 5.41) is 36.5. The first-order valence-electron chi connectivity index (χ1n) is 14.8. The first-order chi connectivity index (χ1) is 20.3. The summed E-state index contributed by atoms with van der Waals surface area (Å²) in [6.07, 6.45) is -1.42. The van der Waals surface area contributed by atoms with E-state index in [-0.39, 0.29) is 17.9 Å². The zero-order valence-corrected chi connectivity index (χ0v) is 25.1. The predicted molar refractivity (Wildman–Crippen MR) is 152 cm³/mol. The highest BCUT2D eigenvalue weighted by Crippen LogP contribution is 2.76. The number of Topliss-reactive ketones (excluding diaryl/α,β-unsaturated/α-hetero) is 1. The number of esters is 1. The highest BCUT2D eigenvalue weighted by Gasteiger charge is 2.87. The van der Waals surface area contributed by atoms with Crippen molar-refractivity contribution in [1.82, 2.24) is 4.98 Å². The molecule has 232 valence electrons. The summed E-state index contributed by atoms with van der Waals surface area (Å²) in [6.45, 7) is 8.13. The molecule has 4 bridgehead atoms. The van der Waals surface area contributed by atoms with Crippen molar-refractivity contribution in [3.8, 4) is 17.2 Å². The number of rotatable bonds is 5. The number of methoxy groups -OCH3 is 3. The molecule has 4 aliphatic carbocycles. The van der Waals surface area contributed by atoms with Gasteiger partial charge in [0.05, 0.1) is 39.6 Å². The van der Waals surface area contributed by atoms with Crippen LogP contribution in [0.25, 0.3) is 10.9 Å². The molecule has 43 heavy (non-hydrogen) atoms. The SMILES string of the molecule is C=C1C(=O)[C@]23[C@H](OC(=O)c4cc5c(OC)c(OC)c(OC)cc5[nH]4)[C@H]1CC[C@H]2[C@@]12CO[C@]3(O)[C@@H](O)[C@@H]1C(C)(C)CC[C@@H]2O. The molecule has 6 fully saturated rings. The third-order valence-corrected chi connectivity index (χ3v) is 11.7. The standard InChI is InChI=1S/C32H39NO10/c1-14-15-7-8-20-30-13-42-32(38,26(36)24(30)29(2,3)10-9-21(30)34)31(20,25(14)35)27(15)43-28(37)18-11-16-17(33-18)12-19(39-4)23(41-6)22(16)40-5/h11-12,15,20-21,24,26-27,33-34,36,38H,1,7-10,13H2,2-6H3/t15-,20-,21-,24+,26-,27+,30+,31-,32+/m0/s1. The average molecular weight is 598 g/mol. The molecular weight excluding hydrogens is 558 g/mol. The van der Waals surface area contributed by atoms with Gasteiger partial charge in [0.15, 0.2) is 17.3 Å². The van der Waals surface area contributed by atoms with Crippen LogP contribution in [0, 0.1) is 34.0 Å². The van der Waals surface area contributed by atoms with E-state index in [0.717, 1.165) is 0 Å². The molecule has 1 aromatic heterocycles. The van der Waals surface area contributed by atoms with Gasteiger partial charge in [-0.05, 0) is 48.7 Å². The molecule has 0 unspecified atom stereocenters. The largest absolute Gasteiger partial charge is 0.493 e. The van der Waals surface area contributed by atoms with E-state index in [2.05, 4.69) is 11.6 Å². The Balaban J connectivity index is 1.35. The van der Waals surface area contributed by atoms with E-state index >= 15 is 0 Å². The lowest BCUT2D eigenvalue weighted by Gasteiger charge is -2.74. The number of hydrogen-bond donors (Lipinski definition) is 4. The van der Waals surface area contributed by atoms with Gasteiger partial charge in [-0.2, -0.15) is 0 Å². The molecule has 2 spiro atoms. The maximum Gasteiger partial charge on any atom is 0.355 e. The van der Waals surface area contributed by atoms with Crippen LogP contribution in [0.3, 0.4) is 0 Å². The molecule has 3 heterocycles. The van der Waals surface area contributed by atoms with E-state index in [9.17, 15) is 24.9 Å². The van der Waals surface area contributed by atoms with Crippen LogP contribution >= 0.6 is 0 Å². The molecular formula is C32H39NO10. The lowest BCUT2D eigenvalue weighted by atomic mass is 9.35. The highest BCUT2D eigenvalue weighted by molar-refractivity contribution is 6.06. The number of aliphatic hydroxyl groups is 3. The molecule has 1 aromatic carbocycles. The Labute approximate surface area is 249 Å². The van der Waals surface area contributed by atoms with E-state index in [1.165, 1.54) is 21.3 Å². The fourth-order valence-electron chi connectivity index (χ4n) is 10.1. The zero-order chi connectivity index (χ0) is 30.9. The fraction of sp³-hybridized carbons (Fsp3) is 0.625. The van der Waals surface area contributed by atoms with Crippen LogP contribution in [0.15, 0.2) is 24.3 Å². The van der Waals surface area contributed by atoms with Crippen molar-refractivity contribution in [2.45, 2.75) is 63.6 Å². The van der Waals surface area contributed by atoms with Crippen LogP contribution in [0.5, 0.6) is 17.2 Å². The summed E-state index contributed by atoms with van der Waals surface area (Å²) in [5.41, 5.74) is -2.41. The third-order valence-electron chi connectivity index (χ3n) is 11.7. The van der Waals surface area contributed by atoms with Gasteiger partial charge in [-0.15, -0.1) is 0 Å². The highest BCUT2D eigenvalue weighted by atomic mass is 16.7. The topological polar surface area (TPSA) is 157 Å². The smallest absolute Gasteiger partial charge is 0.355 e. The normalized spacial score (nSPS) is 40.7. The number of carbonyl (C=O) groups excluding carboxylic acids is 2. The molecule has 2 aromatic rings. The molecule has 6 aliphatic rings. The van der Waals surface area contributed by atoms with Crippen molar-refractivity contribution in [2.24, 2.45) is 34.0 Å².